The molecular formula is C17H20FNO4. The number of carbonyl (C=O) groups is 2. The first kappa shape index (κ1) is 17.0. The molecule has 0 bridgehead atoms. The molecule has 0 unspecified atom stereocenters. The highest BCUT2D eigenvalue weighted by atomic mass is 19.1. The first-order valence-electron chi connectivity index (χ1n) is 7.56. The number of ether oxygens (including phenoxy) is 2. The van der Waals surface area contributed by atoms with Crippen LogP contribution in [0.2, 0.25) is 0 Å². The maximum Gasteiger partial charge on any atom is 0.331 e. The lowest BCUT2D eigenvalue weighted by molar-refractivity contribution is -0.144. The largest absolute Gasteiger partial charge is 0.494 e. The molecule has 0 saturated heterocycles. The van der Waals surface area contributed by atoms with Crippen molar-refractivity contribution in [3.63, 3.8) is 0 Å². The average molecular weight is 321 g/mol. The lowest BCUT2D eigenvalue weighted by atomic mass is 10.2. The molecule has 5 nitrogen and oxygen atoms in total. The fraction of sp³-hybridized carbons (Fsp3) is 0.412. The molecule has 0 aromatic heterocycles. The summed E-state index contributed by atoms with van der Waals surface area (Å²) >= 11 is 0. The summed E-state index contributed by atoms with van der Waals surface area (Å²) in [4.78, 5) is 23.2. The molecule has 124 valence electrons. The van der Waals surface area contributed by atoms with Crippen molar-refractivity contribution < 1.29 is 23.5 Å². The van der Waals surface area contributed by atoms with E-state index in [2.05, 4.69) is 5.32 Å². The minimum atomic E-state index is -0.650. The van der Waals surface area contributed by atoms with Crippen LogP contribution < -0.4 is 10.1 Å². The fourth-order valence-corrected chi connectivity index (χ4v) is 2.47. The van der Waals surface area contributed by atoms with Gasteiger partial charge in [0.05, 0.1) is 7.11 Å². The van der Waals surface area contributed by atoms with Crippen LogP contribution in [-0.4, -0.2) is 31.6 Å². The zero-order valence-corrected chi connectivity index (χ0v) is 13.0. The number of halogens is 1. The second-order valence-corrected chi connectivity index (χ2v) is 5.38. The van der Waals surface area contributed by atoms with Gasteiger partial charge in [-0.3, -0.25) is 4.79 Å². The zero-order chi connectivity index (χ0) is 16.7. The number of benzene rings is 1. The summed E-state index contributed by atoms with van der Waals surface area (Å²) < 4.78 is 23.2. The molecule has 2 rings (SSSR count). The van der Waals surface area contributed by atoms with Crippen molar-refractivity contribution in [2.75, 3.05) is 13.7 Å². The van der Waals surface area contributed by atoms with Gasteiger partial charge in [-0.25, -0.2) is 9.18 Å². The molecule has 0 atom stereocenters. The van der Waals surface area contributed by atoms with Crippen molar-refractivity contribution >= 4 is 18.0 Å². The predicted molar refractivity (Wildman–Crippen MR) is 83.3 cm³/mol. The smallest absolute Gasteiger partial charge is 0.331 e. The molecule has 23 heavy (non-hydrogen) atoms. The molecule has 1 aliphatic rings. The number of nitrogens with one attached hydrogen (secondary N) is 1. The Labute approximate surface area is 134 Å². The van der Waals surface area contributed by atoms with Crippen molar-refractivity contribution in [2.45, 2.75) is 31.7 Å². The minimum Gasteiger partial charge on any atom is -0.494 e. The molecule has 6 heteroatoms. The number of hydrogen-bond acceptors (Lipinski definition) is 4. The van der Waals surface area contributed by atoms with Gasteiger partial charge in [0.1, 0.15) is 0 Å². The van der Waals surface area contributed by atoms with Crippen LogP contribution in [0.4, 0.5) is 4.39 Å². The lowest BCUT2D eigenvalue weighted by Gasteiger charge is -2.11. The maximum atomic E-state index is 13.5. The summed E-state index contributed by atoms with van der Waals surface area (Å²) in [6, 6.07) is 4.52. The molecule has 0 spiro atoms. The maximum absolute atomic E-state index is 13.5. The van der Waals surface area contributed by atoms with Crippen LogP contribution in [0.25, 0.3) is 6.08 Å². The van der Waals surface area contributed by atoms with E-state index in [1.807, 2.05) is 0 Å². The monoisotopic (exact) mass is 321 g/mol. The van der Waals surface area contributed by atoms with Crippen molar-refractivity contribution in [3.05, 3.63) is 35.7 Å². The molecule has 1 aromatic rings. The number of methoxy groups -OCH3 is 1. The highest BCUT2D eigenvalue weighted by molar-refractivity contribution is 5.89. The Kier molecular flexibility index (Phi) is 6.14. The van der Waals surface area contributed by atoms with Gasteiger partial charge in [-0.2, -0.15) is 0 Å². The van der Waals surface area contributed by atoms with Gasteiger partial charge >= 0.3 is 5.97 Å². The van der Waals surface area contributed by atoms with E-state index in [1.54, 1.807) is 6.07 Å². The second kappa shape index (κ2) is 8.31. The van der Waals surface area contributed by atoms with Crippen LogP contribution in [0.15, 0.2) is 24.3 Å². The van der Waals surface area contributed by atoms with Crippen LogP contribution in [0, 0.1) is 5.82 Å². The second-order valence-electron chi connectivity index (χ2n) is 5.38. The summed E-state index contributed by atoms with van der Waals surface area (Å²) in [5.41, 5.74) is 0.496. The van der Waals surface area contributed by atoms with E-state index in [0.717, 1.165) is 31.8 Å². The van der Waals surface area contributed by atoms with Gasteiger partial charge in [-0.1, -0.05) is 18.9 Å². The Balaban J connectivity index is 1.77. The lowest BCUT2D eigenvalue weighted by Crippen LogP contribution is -2.35. The molecular weight excluding hydrogens is 301 g/mol. The summed E-state index contributed by atoms with van der Waals surface area (Å²) in [6.45, 7) is -0.309. The molecule has 1 aliphatic carbocycles. The highest BCUT2D eigenvalue weighted by Gasteiger charge is 2.17. The Bertz CT molecular complexity index is 594. The van der Waals surface area contributed by atoms with E-state index in [9.17, 15) is 14.0 Å². The molecule has 0 aliphatic heterocycles. The van der Waals surface area contributed by atoms with E-state index < -0.39 is 11.8 Å². The van der Waals surface area contributed by atoms with E-state index in [1.165, 1.54) is 25.3 Å². The van der Waals surface area contributed by atoms with Gasteiger partial charge in [0.15, 0.2) is 18.2 Å². The van der Waals surface area contributed by atoms with Crippen LogP contribution in [0.3, 0.4) is 0 Å². The highest BCUT2D eigenvalue weighted by Crippen LogP contribution is 2.18. The standard InChI is InChI=1S/C17H20FNO4/c1-22-15-8-6-12(10-14(15)18)7-9-17(21)23-11-16(20)19-13-4-2-3-5-13/h6-10,13H,2-5,11H2,1H3,(H,19,20)/b9-7+. The van der Waals surface area contributed by atoms with Crippen LogP contribution in [-0.2, 0) is 14.3 Å². The van der Waals surface area contributed by atoms with Crippen LogP contribution in [0.5, 0.6) is 5.75 Å². The first-order chi connectivity index (χ1) is 11.1. The fourth-order valence-electron chi connectivity index (χ4n) is 2.47. The third-order valence-corrected chi connectivity index (χ3v) is 3.65. The first-order valence-corrected chi connectivity index (χ1v) is 7.56. The van der Waals surface area contributed by atoms with Crippen molar-refractivity contribution in [1.82, 2.24) is 5.32 Å². The summed E-state index contributed by atoms with van der Waals surface area (Å²) in [5.74, 6) is -1.33. The van der Waals surface area contributed by atoms with Crippen LogP contribution >= 0.6 is 0 Å². The van der Waals surface area contributed by atoms with Gasteiger partial charge in [-0.15, -0.1) is 0 Å². The van der Waals surface area contributed by atoms with E-state index in [4.69, 9.17) is 9.47 Å². The normalized spacial score (nSPS) is 14.9. The van der Waals surface area contributed by atoms with Crippen molar-refractivity contribution in [1.29, 1.82) is 0 Å². The zero-order valence-electron chi connectivity index (χ0n) is 13.0. The van der Waals surface area contributed by atoms with Crippen LogP contribution in [0.1, 0.15) is 31.2 Å². The van der Waals surface area contributed by atoms with Gasteiger partial charge in [0, 0.05) is 12.1 Å². The number of esters is 1. The molecule has 1 aromatic carbocycles. The Morgan fingerprint density at radius 1 is 1.35 bits per heavy atom. The number of rotatable bonds is 6. The molecule has 0 heterocycles. The molecule has 1 N–H and O–H groups in total. The van der Waals surface area contributed by atoms with Gasteiger partial charge < -0.3 is 14.8 Å². The van der Waals surface area contributed by atoms with Gasteiger partial charge in [-0.05, 0) is 36.6 Å². The number of carbonyl (C=O) groups excluding carboxylic acids is 2. The Morgan fingerprint density at radius 3 is 2.74 bits per heavy atom. The number of amides is 1. The number of hydrogen-bond donors (Lipinski definition) is 1. The summed E-state index contributed by atoms with van der Waals surface area (Å²) in [6.07, 6.45) is 6.76. The minimum absolute atomic E-state index is 0.133. The molecule has 1 fully saturated rings. The van der Waals surface area contributed by atoms with Crippen molar-refractivity contribution in [2.24, 2.45) is 0 Å². The quantitative estimate of drug-likeness (QED) is 0.646. The van der Waals surface area contributed by atoms with Gasteiger partial charge in [0.25, 0.3) is 5.91 Å². The third kappa shape index (κ3) is 5.39. The van der Waals surface area contributed by atoms with Gasteiger partial charge in [0.2, 0.25) is 0 Å². The van der Waals surface area contributed by atoms with E-state index >= 15 is 0 Å². The topological polar surface area (TPSA) is 64.6 Å². The molecule has 1 saturated carbocycles. The van der Waals surface area contributed by atoms with E-state index in [0.29, 0.717) is 5.56 Å². The Hall–Kier alpha value is -2.37. The predicted octanol–water partition coefficient (Wildman–Crippen LogP) is 2.45. The Morgan fingerprint density at radius 2 is 2.09 bits per heavy atom. The molecule has 1 amide bonds. The SMILES string of the molecule is COc1ccc(/C=C/C(=O)OCC(=O)NC2CCCC2)cc1F. The summed E-state index contributed by atoms with van der Waals surface area (Å²) in [5, 5.41) is 2.82. The molecule has 0 radical (unpaired) electrons. The third-order valence-electron chi connectivity index (χ3n) is 3.65. The van der Waals surface area contributed by atoms with E-state index in [-0.39, 0.29) is 24.3 Å². The van der Waals surface area contributed by atoms with Crippen molar-refractivity contribution in [3.8, 4) is 5.75 Å². The summed E-state index contributed by atoms with van der Waals surface area (Å²) in [7, 11) is 1.38. The average Bonchev–Trinajstić information content (AvgIpc) is 3.04.